The highest BCUT2D eigenvalue weighted by molar-refractivity contribution is 6.06. The number of carbonyl (C=O) groups excluding carboxylic acids is 2. The molecule has 0 atom stereocenters. The zero-order valence-electron chi connectivity index (χ0n) is 21.3. The molecule has 0 saturated heterocycles. The summed E-state index contributed by atoms with van der Waals surface area (Å²) in [5, 5.41) is 5.88. The van der Waals surface area contributed by atoms with E-state index in [0.29, 0.717) is 23.2 Å². The van der Waals surface area contributed by atoms with Gasteiger partial charge in [0, 0.05) is 28.9 Å². The molecule has 4 heteroatoms. The number of anilines is 1. The lowest BCUT2D eigenvalue weighted by molar-refractivity contribution is 0.0965. The van der Waals surface area contributed by atoms with Crippen molar-refractivity contribution < 1.29 is 9.59 Å². The molecule has 0 heterocycles. The molecule has 0 aliphatic heterocycles. The van der Waals surface area contributed by atoms with Crippen LogP contribution in [-0.2, 0) is 0 Å². The highest BCUT2D eigenvalue weighted by atomic mass is 16.2. The van der Waals surface area contributed by atoms with Crippen LogP contribution in [0.15, 0.2) is 151 Å². The third kappa shape index (κ3) is 7.52. The second-order valence-corrected chi connectivity index (χ2v) is 8.67. The first-order valence-electron chi connectivity index (χ1n) is 12.5. The molecule has 0 radical (unpaired) electrons. The van der Waals surface area contributed by atoms with E-state index in [-0.39, 0.29) is 11.8 Å². The molecule has 38 heavy (non-hydrogen) atoms. The molecule has 2 N–H and O–H groups in total. The van der Waals surface area contributed by atoms with E-state index in [1.54, 1.807) is 24.3 Å². The lowest BCUT2D eigenvalue weighted by atomic mass is 10.1. The molecule has 1 aliphatic carbocycles. The highest BCUT2D eigenvalue weighted by Crippen LogP contribution is 2.21. The number of benzene rings is 3. The summed E-state index contributed by atoms with van der Waals surface area (Å²) in [7, 11) is 0. The van der Waals surface area contributed by atoms with Gasteiger partial charge in [0.05, 0.1) is 0 Å². The van der Waals surface area contributed by atoms with Gasteiger partial charge in [-0.2, -0.15) is 0 Å². The first-order chi connectivity index (χ1) is 18.6. The second-order valence-electron chi connectivity index (χ2n) is 8.67. The first kappa shape index (κ1) is 26.1. The molecule has 188 valence electrons. The van der Waals surface area contributed by atoms with Gasteiger partial charge in [0.1, 0.15) is 0 Å². The zero-order chi connectivity index (χ0) is 26.6. The predicted molar refractivity (Wildman–Crippen MR) is 157 cm³/mol. The van der Waals surface area contributed by atoms with Crippen LogP contribution in [0.2, 0.25) is 0 Å². The summed E-state index contributed by atoms with van der Waals surface area (Å²) in [6.45, 7) is 1.97. The summed E-state index contributed by atoms with van der Waals surface area (Å²) in [5.41, 5.74) is 5.53. The van der Waals surface area contributed by atoms with E-state index in [2.05, 4.69) is 10.6 Å². The second kappa shape index (κ2) is 13.4. The lowest BCUT2D eigenvalue weighted by Gasteiger charge is -2.10. The van der Waals surface area contributed by atoms with E-state index in [9.17, 15) is 9.59 Å². The molecule has 4 rings (SSSR count). The van der Waals surface area contributed by atoms with Gasteiger partial charge < -0.3 is 10.6 Å². The maximum Gasteiger partial charge on any atom is 0.255 e. The number of hydrogen-bond donors (Lipinski definition) is 2. The van der Waals surface area contributed by atoms with Gasteiger partial charge in [0.2, 0.25) is 0 Å². The van der Waals surface area contributed by atoms with E-state index in [0.717, 1.165) is 22.4 Å². The molecular weight excluding hydrogens is 468 g/mol. The molecule has 0 saturated carbocycles. The number of allylic oxidation sites excluding steroid dienone is 11. The third-order valence-electron chi connectivity index (χ3n) is 5.85. The summed E-state index contributed by atoms with van der Waals surface area (Å²) in [6, 6.07) is 24.5. The van der Waals surface area contributed by atoms with Gasteiger partial charge >= 0.3 is 0 Å². The third-order valence-corrected chi connectivity index (χ3v) is 5.85. The monoisotopic (exact) mass is 498 g/mol. The van der Waals surface area contributed by atoms with Gasteiger partial charge in [-0.15, -0.1) is 0 Å². The van der Waals surface area contributed by atoms with Crippen LogP contribution in [0.5, 0.6) is 0 Å². The summed E-state index contributed by atoms with van der Waals surface area (Å²) in [4.78, 5) is 25.8. The Bertz CT molecular complexity index is 1450. The summed E-state index contributed by atoms with van der Waals surface area (Å²) >= 11 is 0. The quantitative estimate of drug-likeness (QED) is 0.311. The molecule has 1 aliphatic rings. The Hall–Kier alpha value is -4.96. The SMILES string of the molecule is C\C=C/C=C\C=C\C1=CC=C(NC(=O)c2cccc(C(=O)Nc3ccc(-c4ccccc4)cc3)c2)CC=C1. The van der Waals surface area contributed by atoms with Crippen molar-refractivity contribution >= 4 is 17.5 Å². The number of nitrogens with one attached hydrogen (secondary N) is 2. The minimum absolute atomic E-state index is 0.256. The number of hydrogen-bond acceptors (Lipinski definition) is 2. The van der Waals surface area contributed by atoms with Crippen LogP contribution in [-0.4, -0.2) is 11.8 Å². The minimum Gasteiger partial charge on any atom is -0.325 e. The van der Waals surface area contributed by atoms with E-state index in [4.69, 9.17) is 0 Å². The Kier molecular flexibility index (Phi) is 9.19. The Morgan fingerprint density at radius 3 is 2.13 bits per heavy atom. The summed E-state index contributed by atoms with van der Waals surface area (Å²) in [5.74, 6) is -0.528. The van der Waals surface area contributed by atoms with E-state index >= 15 is 0 Å². The Morgan fingerprint density at radius 1 is 0.711 bits per heavy atom. The normalized spacial score (nSPS) is 13.4. The van der Waals surface area contributed by atoms with Crippen molar-refractivity contribution in [2.45, 2.75) is 13.3 Å². The molecule has 0 bridgehead atoms. The lowest BCUT2D eigenvalue weighted by Crippen LogP contribution is -2.23. The maximum atomic E-state index is 12.9. The van der Waals surface area contributed by atoms with Crippen molar-refractivity contribution in [2.75, 3.05) is 5.32 Å². The number of carbonyl (C=O) groups is 2. The summed E-state index contributed by atoms with van der Waals surface area (Å²) < 4.78 is 0. The minimum atomic E-state index is -0.272. The standard InChI is InChI=1S/C34H30N2O2/c1-2-3-4-5-7-12-26-13-10-18-31(22-19-26)35-33(37)29-16-11-17-30(25-29)34(38)36-32-23-20-28(21-24-32)27-14-8-6-9-15-27/h2-17,19-25H,18H2,1H3,(H,35,37)(H,36,38)/b3-2-,5-4-,12-7+. The van der Waals surface area contributed by atoms with Crippen LogP contribution in [0.4, 0.5) is 5.69 Å². The molecule has 0 spiro atoms. The van der Waals surface area contributed by atoms with Crippen molar-refractivity contribution in [3.63, 3.8) is 0 Å². The molecule has 4 nitrogen and oxygen atoms in total. The highest BCUT2D eigenvalue weighted by Gasteiger charge is 2.12. The van der Waals surface area contributed by atoms with Crippen LogP contribution in [0.3, 0.4) is 0 Å². The van der Waals surface area contributed by atoms with Crippen LogP contribution in [0.1, 0.15) is 34.1 Å². The molecule has 0 unspecified atom stereocenters. The van der Waals surface area contributed by atoms with Gasteiger partial charge in [-0.05, 0) is 60.0 Å². The van der Waals surface area contributed by atoms with Crippen molar-refractivity contribution in [3.05, 3.63) is 162 Å². The summed E-state index contributed by atoms with van der Waals surface area (Å²) in [6.07, 6.45) is 20.4. The molecule has 0 fully saturated rings. The van der Waals surface area contributed by atoms with Crippen LogP contribution in [0, 0.1) is 0 Å². The van der Waals surface area contributed by atoms with Crippen molar-refractivity contribution in [3.8, 4) is 11.1 Å². The van der Waals surface area contributed by atoms with Crippen molar-refractivity contribution in [1.82, 2.24) is 5.32 Å². The van der Waals surface area contributed by atoms with E-state index < -0.39 is 0 Å². The van der Waals surface area contributed by atoms with Crippen LogP contribution < -0.4 is 10.6 Å². The van der Waals surface area contributed by atoms with Gasteiger partial charge in [-0.25, -0.2) is 0 Å². The van der Waals surface area contributed by atoms with Gasteiger partial charge in [-0.3, -0.25) is 9.59 Å². The van der Waals surface area contributed by atoms with Crippen molar-refractivity contribution in [1.29, 1.82) is 0 Å². The number of amides is 2. The Morgan fingerprint density at radius 2 is 1.39 bits per heavy atom. The fraction of sp³-hybridized carbons (Fsp3) is 0.0588. The molecule has 2 amide bonds. The largest absolute Gasteiger partial charge is 0.325 e. The predicted octanol–water partition coefficient (Wildman–Crippen LogP) is 7.79. The van der Waals surface area contributed by atoms with Gasteiger partial charge in [-0.1, -0.05) is 103 Å². The van der Waals surface area contributed by atoms with Gasteiger partial charge in [0.15, 0.2) is 0 Å². The van der Waals surface area contributed by atoms with E-state index in [1.807, 2.05) is 122 Å². The number of rotatable bonds is 8. The fourth-order valence-electron chi connectivity index (χ4n) is 3.85. The first-order valence-corrected chi connectivity index (χ1v) is 12.5. The molecule has 0 aromatic heterocycles. The topological polar surface area (TPSA) is 58.2 Å². The van der Waals surface area contributed by atoms with E-state index in [1.165, 1.54) is 0 Å². The Balaban J connectivity index is 1.38. The average Bonchev–Trinajstić information content (AvgIpc) is 3.19. The Labute approximate surface area is 224 Å². The van der Waals surface area contributed by atoms with Crippen molar-refractivity contribution in [2.24, 2.45) is 0 Å². The zero-order valence-corrected chi connectivity index (χ0v) is 21.3. The smallest absolute Gasteiger partial charge is 0.255 e. The fourth-order valence-corrected chi connectivity index (χ4v) is 3.85. The molecule has 3 aromatic carbocycles. The molecular formula is C34H30N2O2. The van der Waals surface area contributed by atoms with Crippen LogP contribution >= 0.6 is 0 Å². The van der Waals surface area contributed by atoms with Gasteiger partial charge in [0.25, 0.3) is 11.8 Å². The average molecular weight is 499 g/mol. The maximum absolute atomic E-state index is 12.9. The van der Waals surface area contributed by atoms with Crippen LogP contribution in [0.25, 0.3) is 11.1 Å². The molecule has 3 aromatic rings.